The van der Waals surface area contributed by atoms with Gasteiger partial charge in [0.1, 0.15) is 6.61 Å². The number of benzene rings is 2. The van der Waals surface area contributed by atoms with Gasteiger partial charge >= 0.3 is 6.09 Å². The van der Waals surface area contributed by atoms with Crippen molar-refractivity contribution in [1.29, 1.82) is 0 Å². The molecule has 136 valence electrons. The monoisotopic (exact) mass is 351 g/mol. The minimum Gasteiger partial charge on any atom is -0.448 e. The molecule has 0 bridgehead atoms. The second kappa shape index (κ2) is 7.12. The molecular weight excluding hydrogens is 326 g/mol. The van der Waals surface area contributed by atoms with Crippen LogP contribution in [0.15, 0.2) is 48.5 Å². The van der Waals surface area contributed by atoms with Crippen LogP contribution >= 0.6 is 0 Å². The van der Waals surface area contributed by atoms with E-state index in [2.05, 4.69) is 31.2 Å². The Hall–Kier alpha value is -2.33. The van der Waals surface area contributed by atoms with E-state index in [1.54, 1.807) is 4.90 Å². The highest BCUT2D eigenvalue weighted by molar-refractivity contribution is 5.79. The Bertz CT molecular complexity index is 758. The molecule has 0 aromatic heterocycles. The lowest BCUT2D eigenvalue weighted by atomic mass is 9.92. The second-order valence-corrected chi connectivity index (χ2v) is 7.37. The van der Waals surface area contributed by atoms with Gasteiger partial charge in [-0.1, -0.05) is 55.5 Å². The second-order valence-electron chi connectivity index (χ2n) is 7.37. The van der Waals surface area contributed by atoms with Crippen molar-refractivity contribution in [2.24, 2.45) is 5.92 Å². The lowest BCUT2D eigenvalue weighted by Crippen LogP contribution is -2.50. The average molecular weight is 351 g/mol. The number of aliphatic hydroxyl groups excluding tert-OH is 1. The van der Waals surface area contributed by atoms with E-state index in [1.165, 1.54) is 22.3 Å². The van der Waals surface area contributed by atoms with Crippen LogP contribution in [0.3, 0.4) is 0 Å². The van der Waals surface area contributed by atoms with Gasteiger partial charge in [-0.3, -0.25) is 0 Å². The Kier molecular flexibility index (Phi) is 4.68. The van der Waals surface area contributed by atoms with Gasteiger partial charge in [0.2, 0.25) is 0 Å². The van der Waals surface area contributed by atoms with E-state index in [9.17, 15) is 9.90 Å². The normalized spacial score (nSPS) is 22.0. The van der Waals surface area contributed by atoms with Crippen molar-refractivity contribution >= 4 is 6.09 Å². The number of hydrogen-bond donors (Lipinski definition) is 1. The smallest absolute Gasteiger partial charge is 0.410 e. The van der Waals surface area contributed by atoms with E-state index in [-0.39, 0.29) is 24.7 Å². The van der Waals surface area contributed by atoms with Gasteiger partial charge in [-0.05, 0) is 41.0 Å². The third kappa shape index (κ3) is 2.88. The first-order chi connectivity index (χ1) is 12.7. The number of aliphatic hydroxyl groups is 1. The van der Waals surface area contributed by atoms with E-state index in [0.717, 1.165) is 12.8 Å². The van der Waals surface area contributed by atoms with Crippen molar-refractivity contribution in [3.63, 3.8) is 0 Å². The Labute approximate surface area is 154 Å². The molecule has 4 heteroatoms. The summed E-state index contributed by atoms with van der Waals surface area (Å²) in [5.74, 6) is 0.371. The fourth-order valence-corrected chi connectivity index (χ4v) is 4.43. The number of amides is 1. The summed E-state index contributed by atoms with van der Waals surface area (Å²) in [7, 11) is 0. The van der Waals surface area contributed by atoms with E-state index >= 15 is 0 Å². The van der Waals surface area contributed by atoms with Crippen LogP contribution in [0.5, 0.6) is 0 Å². The van der Waals surface area contributed by atoms with Crippen LogP contribution in [0.1, 0.15) is 36.8 Å². The Morgan fingerprint density at radius 2 is 1.73 bits per heavy atom. The topological polar surface area (TPSA) is 49.8 Å². The molecule has 0 saturated carbocycles. The zero-order chi connectivity index (χ0) is 18.1. The molecule has 0 unspecified atom stereocenters. The highest BCUT2D eigenvalue weighted by atomic mass is 16.6. The third-order valence-electron chi connectivity index (χ3n) is 5.87. The van der Waals surface area contributed by atoms with Crippen molar-refractivity contribution in [3.8, 4) is 11.1 Å². The molecule has 0 spiro atoms. The van der Waals surface area contributed by atoms with Crippen LogP contribution in [0, 0.1) is 5.92 Å². The molecule has 2 aliphatic rings. The highest BCUT2D eigenvalue weighted by Gasteiger charge is 2.34. The minimum absolute atomic E-state index is 0.00857. The summed E-state index contributed by atoms with van der Waals surface area (Å²) >= 11 is 0. The molecule has 1 fully saturated rings. The Morgan fingerprint density at radius 1 is 1.12 bits per heavy atom. The van der Waals surface area contributed by atoms with Gasteiger partial charge in [0.25, 0.3) is 0 Å². The first-order valence-electron chi connectivity index (χ1n) is 9.43. The number of carbonyl (C=O) groups is 1. The third-order valence-corrected chi connectivity index (χ3v) is 5.87. The molecule has 1 aliphatic heterocycles. The zero-order valence-electron chi connectivity index (χ0n) is 15.1. The quantitative estimate of drug-likeness (QED) is 0.908. The van der Waals surface area contributed by atoms with Crippen LogP contribution in [-0.4, -0.2) is 41.9 Å². The van der Waals surface area contributed by atoms with Crippen LogP contribution in [0.25, 0.3) is 11.1 Å². The molecule has 1 amide bonds. The number of hydrogen-bond acceptors (Lipinski definition) is 3. The molecule has 1 N–H and O–H groups in total. The maximum absolute atomic E-state index is 12.7. The molecule has 26 heavy (non-hydrogen) atoms. The number of piperidine rings is 1. The summed E-state index contributed by atoms with van der Waals surface area (Å²) in [5, 5.41) is 9.67. The number of likely N-dealkylation sites (tertiary alicyclic amines) is 1. The van der Waals surface area contributed by atoms with E-state index in [4.69, 9.17) is 4.74 Å². The maximum atomic E-state index is 12.7. The number of nitrogens with zero attached hydrogens (tertiary/aromatic N) is 1. The number of carbonyl (C=O) groups excluding carboxylic acids is 1. The van der Waals surface area contributed by atoms with Crippen molar-refractivity contribution < 1.29 is 14.6 Å². The average Bonchev–Trinajstić information content (AvgIpc) is 3.00. The fourth-order valence-electron chi connectivity index (χ4n) is 4.43. The van der Waals surface area contributed by atoms with Gasteiger partial charge in [0.05, 0.1) is 12.6 Å². The van der Waals surface area contributed by atoms with Gasteiger partial charge < -0.3 is 14.7 Å². The van der Waals surface area contributed by atoms with Crippen LogP contribution < -0.4 is 0 Å². The first kappa shape index (κ1) is 17.1. The fraction of sp³-hybridized carbons (Fsp3) is 0.409. The number of rotatable bonds is 3. The van der Waals surface area contributed by atoms with Gasteiger partial charge in [0.15, 0.2) is 0 Å². The van der Waals surface area contributed by atoms with Gasteiger partial charge in [0, 0.05) is 12.5 Å². The van der Waals surface area contributed by atoms with E-state index in [1.807, 2.05) is 24.3 Å². The van der Waals surface area contributed by atoms with Gasteiger partial charge in [-0.2, -0.15) is 0 Å². The number of fused-ring (bicyclic) bond motifs is 3. The molecule has 1 heterocycles. The molecule has 2 aromatic rings. The standard InChI is InChI=1S/C22H25NO3/c1-15-7-6-12-23(21(15)13-24)22(25)26-14-20-18-10-4-2-8-16(18)17-9-3-5-11-19(17)20/h2-5,8-11,15,20-21,24H,6-7,12-14H2,1H3/t15-,21-/m1/s1. The maximum Gasteiger partial charge on any atom is 0.410 e. The summed E-state index contributed by atoms with van der Waals surface area (Å²) in [6.07, 6.45) is 1.69. The van der Waals surface area contributed by atoms with E-state index in [0.29, 0.717) is 19.1 Å². The Morgan fingerprint density at radius 3 is 2.35 bits per heavy atom. The number of ether oxygens (including phenoxy) is 1. The highest BCUT2D eigenvalue weighted by Crippen LogP contribution is 2.44. The SMILES string of the molecule is C[C@@H]1CCCN(C(=O)OCC2c3ccccc3-c3ccccc32)[C@@H]1CO. The van der Waals surface area contributed by atoms with Crippen LogP contribution in [0.2, 0.25) is 0 Å². The molecule has 4 nitrogen and oxygen atoms in total. The lowest BCUT2D eigenvalue weighted by Gasteiger charge is -2.38. The van der Waals surface area contributed by atoms with Crippen LogP contribution in [0.4, 0.5) is 4.79 Å². The predicted molar refractivity (Wildman–Crippen MR) is 101 cm³/mol. The van der Waals surface area contributed by atoms with Crippen LogP contribution in [-0.2, 0) is 4.74 Å². The molecule has 1 saturated heterocycles. The summed E-state index contributed by atoms with van der Waals surface area (Å²) in [5.41, 5.74) is 4.88. The molecule has 4 rings (SSSR count). The van der Waals surface area contributed by atoms with Crippen molar-refractivity contribution in [1.82, 2.24) is 4.90 Å². The van der Waals surface area contributed by atoms with Gasteiger partial charge in [-0.15, -0.1) is 0 Å². The minimum atomic E-state index is -0.308. The van der Waals surface area contributed by atoms with Crippen molar-refractivity contribution in [2.75, 3.05) is 19.8 Å². The predicted octanol–water partition coefficient (Wildman–Crippen LogP) is 4.03. The van der Waals surface area contributed by atoms with Crippen molar-refractivity contribution in [2.45, 2.75) is 31.7 Å². The summed E-state index contributed by atoms with van der Waals surface area (Å²) in [6.45, 7) is 3.07. The van der Waals surface area contributed by atoms with Crippen molar-refractivity contribution in [3.05, 3.63) is 59.7 Å². The Balaban J connectivity index is 1.52. The first-order valence-corrected chi connectivity index (χ1v) is 9.43. The summed E-state index contributed by atoms with van der Waals surface area (Å²) in [6, 6.07) is 16.5. The molecule has 0 radical (unpaired) electrons. The largest absolute Gasteiger partial charge is 0.448 e. The van der Waals surface area contributed by atoms with Gasteiger partial charge in [-0.25, -0.2) is 4.79 Å². The molecular formula is C22H25NO3. The molecule has 2 aromatic carbocycles. The molecule has 2 atom stereocenters. The lowest BCUT2D eigenvalue weighted by molar-refractivity contribution is 0.0322. The molecule has 1 aliphatic carbocycles. The summed E-state index contributed by atoms with van der Waals surface area (Å²) in [4.78, 5) is 14.4. The zero-order valence-corrected chi connectivity index (χ0v) is 15.1. The van der Waals surface area contributed by atoms with E-state index < -0.39 is 0 Å². The summed E-state index contributed by atoms with van der Waals surface area (Å²) < 4.78 is 5.74.